The first kappa shape index (κ1) is 12.6. The van der Waals surface area contributed by atoms with Crippen LogP contribution in [0.25, 0.3) is 0 Å². The van der Waals surface area contributed by atoms with E-state index in [0.717, 1.165) is 0 Å². The van der Waals surface area contributed by atoms with Crippen LogP contribution >= 0.6 is 0 Å². The van der Waals surface area contributed by atoms with Crippen LogP contribution in [0.4, 0.5) is 0 Å². The van der Waals surface area contributed by atoms with Gasteiger partial charge in [-0.25, -0.2) is 4.68 Å². The molecule has 0 saturated heterocycles. The van der Waals surface area contributed by atoms with E-state index in [2.05, 4.69) is 15.5 Å². The molecule has 1 heterocycles. The van der Waals surface area contributed by atoms with E-state index < -0.39 is 11.4 Å². The van der Waals surface area contributed by atoms with Gasteiger partial charge >= 0.3 is 5.97 Å². The number of carboxylic acid groups (broad SMARTS) is 1. The predicted octanol–water partition coefficient (Wildman–Crippen LogP) is -0.154. The topological polar surface area (TPSA) is 84.1 Å². The van der Waals surface area contributed by atoms with E-state index in [-0.39, 0.29) is 6.54 Å². The number of nitrogens with zero attached hydrogens (tertiary/aromatic N) is 5. The Morgan fingerprint density at radius 3 is 2.62 bits per heavy atom. The molecule has 7 nitrogen and oxygen atoms in total. The van der Waals surface area contributed by atoms with Gasteiger partial charge in [-0.3, -0.25) is 4.79 Å². The van der Waals surface area contributed by atoms with Crippen molar-refractivity contribution in [1.29, 1.82) is 0 Å². The van der Waals surface area contributed by atoms with Crippen molar-refractivity contribution in [3.8, 4) is 0 Å². The van der Waals surface area contributed by atoms with E-state index in [1.165, 1.54) is 4.68 Å². The number of hydrogen-bond donors (Lipinski definition) is 1. The van der Waals surface area contributed by atoms with Gasteiger partial charge in [0.2, 0.25) is 0 Å². The van der Waals surface area contributed by atoms with Crippen molar-refractivity contribution in [2.75, 3.05) is 14.1 Å². The number of aromatic nitrogens is 4. The van der Waals surface area contributed by atoms with Crippen molar-refractivity contribution in [2.45, 2.75) is 26.9 Å². The molecule has 7 heteroatoms. The van der Waals surface area contributed by atoms with Crippen molar-refractivity contribution in [1.82, 2.24) is 25.1 Å². The third-order valence-electron chi connectivity index (χ3n) is 2.19. The summed E-state index contributed by atoms with van der Waals surface area (Å²) in [5, 5.41) is 20.3. The molecule has 0 bridgehead atoms. The summed E-state index contributed by atoms with van der Waals surface area (Å²) < 4.78 is 1.54. The molecule has 90 valence electrons. The number of hydrogen-bond acceptors (Lipinski definition) is 5. The quantitative estimate of drug-likeness (QED) is 0.752. The standard InChI is InChI=1S/C9H17N5O2/c1-9(2,8(15)16)6-14-7(5-13(3)4)10-11-12-14/h5-6H2,1-4H3,(H,15,16). The van der Waals surface area contributed by atoms with Gasteiger partial charge in [0.1, 0.15) is 0 Å². The number of rotatable bonds is 5. The monoisotopic (exact) mass is 227 g/mol. The average Bonchev–Trinajstić information content (AvgIpc) is 2.50. The van der Waals surface area contributed by atoms with E-state index in [0.29, 0.717) is 12.4 Å². The van der Waals surface area contributed by atoms with Crippen LogP contribution in [0.1, 0.15) is 19.7 Å². The Kier molecular flexibility index (Phi) is 3.58. The number of carbonyl (C=O) groups is 1. The van der Waals surface area contributed by atoms with E-state index >= 15 is 0 Å². The molecule has 0 aliphatic heterocycles. The van der Waals surface area contributed by atoms with Gasteiger partial charge in [0.15, 0.2) is 5.82 Å². The molecule has 0 aliphatic carbocycles. The fraction of sp³-hybridized carbons (Fsp3) is 0.778. The maximum atomic E-state index is 11.0. The third kappa shape index (κ3) is 2.99. The highest BCUT2D eigenvalue weighted by Crippen LogP contribution is 2.18. The molecular weight excluding hydrogens is 210 g/mol. The predicted molar refractivity (Wildman–Crippen MR) is 56.6 cm³/mol. The molecule has 1 aromatic heterocycles. The maximum absolute atomic E-state index is 11.0. The Labute approximate surface area is 94.0 Å². The zero-order valence-electron chi connectivity index (χ0n) is 10.0. The first-order valence-corrected chi connectivity index (χ1v) is 4.96. The van der Waals surface area contributed by atoms with E-state index in [1.54, 1.807) is 13.8 Å². The van der Waals surface area contributed by atoms with E-state index in [1.807, 2.05) is 19.0 Å². The molecule has 0 spiro atoms. The number of carboxylic acids is 1. The summed E-state index contributed by atoms with van der Waals surface area (Å²) in [6, 6.07) is 0. The van der Waals surface area contributed by atoms with E-state index in [9.17, 15) is 4.79 Å². The van der Waals surface area contributed by atoms with Gasteiger partial charge in [0.05, 0.1) is 18.5 Å². The van der Waals surface area contributed by atoms with Crippen LogP contribution in [0.2, 0.25) is 0 Å². The summed E-state index contributed by atoms with van der Waals surface area (Å²) in [6.45, 7) is 4.15. The minimum absolute atomic E-state index is 0.262. The first-order chi connectivity index (χ1) is 7.33. The highest BCUT2D eigenvalue weighted by atomic mass is 16.4. The fourth-order valence-electron chi connectivity index (χ4n) is 1.18. The SMILES string of the molecule is CN(C)Cc1nnnn1CC(C)(C)C(=O)O. The van der Waals surface area contributed by atoms with Crippen LogP contribution in [-0.2, 0) is 17.9 Å². The van der Waals surface area contributed by atoms with Crippen molar-refractivity contribution in [3.05, 3.63) is 5.82 Å². The smallest absolute Gasteiger partial charge is 0.310 e. The minimum Gasteiger partial charge on any atom is -0.481 e. The van der Waals surface area contributed by atoms with Crippen LogP contribution in [0.3, 0.4) is 0 Å². The molecule has 0 atom stereocenters. The summed E-state index contributed by atoms with van der Waals surface area (Å²) in [5.41, 5.74) is -0.879. The van der Waals surface area contributed by atoms with Crippen LogP contribution < -0.4 is 0 Å². The Morgan fingerprint density at radius 2 is 2.12 bits per heavy atom. The molecule has 1 aromatic rings. The third-order valence-corrected chi connectivity index (χ3v) is 2.19. The Balaban J connectivity index is 2.81. The Bertz CT molecular complexity index is 372. The van der Waals surface area contributed by atoms with Gasteiger partial charge in [-0.05, 0) is 38.4 Å². The molecule has 0 amide bonds. The van der Waals surface area contributed by atoms with Crippen molar-refractivity contribution in [3.63, 3.8) is 0 Å². The van der Waals surface area contributed by atoms with E-state index in [4.69, 9.17) is 5.11 Å². The number of tetrazole rings is 1. The molecule has 16 heavy (non-hydrogen) atoms. The maximum Gasteiger partial charge on any atom is 0.310 e. The average molecular weight is 227 g/mol. The molecule has 0 fully saturated rings. The van der Waals surface area contributed by atoms with Crippen molar-refractivity contribution < 1.29 is 9.90 Å². The van der Waals surface area contributed by atoms with Gasteiger partial charge in [-0.2, -0.15) is 0 Å². The number of aliphatic carboxylic acids is 1. The van der Waals surface area contributed by atoms with Crippen LogP contribution in [0.5, 0.6) is 0 Å². The minimum atomic E-state index is -0.879. The zero-order valence-corrected chi connectivity index (χ0v) is 10.0. The lowest BCUT2D eigenvalue weighted by atomic mass is 9.94. The van der Waals surface area contributed by atoms with Crippen LogP contribution in [0, 0.1) is 5.41 Å². The highest BCUT2D eigenvalue weighted by Gasteiger charge is 2.29. The van der Waals surface area contributed by atoms with Crippen LogP contribution in [0.15, 0.2) is 0 Å². The Hall–Kier alpha value is -1.50. The molecular formula is C9H17N5O2. The lowest BCUT2D eigenvalue weighted by Gasteiger charge is -2.19. The second kappa shape index (κ2) is 4.56. The lowest BCUT2D eigenvalue weighted by Crippen LogP contribution is -2.31. The van der Waals surface area contributed by atoms with Crippen molar-refractivity contribution >= 4 is 5.97 Å². The molecule has 1 N–H and O–H groups in total. The highest BCUT2D eigenvalue weighted by molar-refractivity contribution is 5.73. The summed E-state index contributed by atoms with van der Waals surface area (Å²) in [5.74, 6) is -0.196. The van der Waals surface area contributed by atoms with Gasteiger partial charge in [0, 0.05) is 0 Å². The molecule has 0 unspecified atom stereocenters. The largest absolute Gasteiger partial charge is 0.481 e. The van der Waals surface area contributed by atoms with Crippen molar-refractivity contribution in [2.24, 2.45) is 5.41 Å². The van der Waals surface area contributed by atoms with Gasteiger partial charge in [-0.15, -0.1) is 5.10 Å². The first-order valence-electron chi connectivity index (χ1n) is 4.96. The summed E-state index contributed by atoms with van der Waals surface area (Å²) in [6.07, 6.45) is 0. The second-order valence-electron chi connectivity index (χ2n) is 4.68. The fourth-order valence-corrected chi connectivity index (χ4v) is 1.18. The summed E-state index contributed by atoms with van der Waals surface area (Å²) >= 11 is 0. The lowest BCUT2D eigenvalue weighted by molar-refractivity contribution is -0.147. The second-order valence-corrected chi connectivity index (χ2v) is 4.68. The van der Waals surface area contributed by atoms with Crippen LogP contribution in [-0.4, -0.2) is 50.3 Å². The Morgan fingerprint density at radius 1 is 1.50 bits per heavy atom. The normalized spacial score (nSPS) is 12.1. The van der Waals surface area contributed by atoms with Gasteiger partial charge in [0.25, 0.3) is 0 Å². The molecule has 1 rings (SSSR count). The molecule has 0 radical (unpaired) electrons. The van der Waals surface area contributed by atoms with Gasteiger partial charge < -0.3 is 10.0 Å². The summed E-state index contributed by atoms with van der Waals surface area (Å²) in [7, 11) is 3.81. The molecule has 0 aromatic carbocycles. The zero-order chi connectivity index (χ0) is 12.3. The molecule has 0 saturated carbocycles. The van der Waals surface area contributed by atoms with Gasteiger partial charge in [-0.1, -0.05) is 0 Å². The summed E-state index contributed by atoms with van der Waals surface area (Å²) in [4.78, 5) is 12.9. The molecule has 0 aliphatic rings.